The number of aryl methyl sites for hydroxylation is 2. The summed E-state index contributed by atoms with van der Waals surface area (Å²) in [6.45, 7) is 4.73. The number of halogens is 1. The Morgan fingerprint density at radius 1 is 1.14 bits per heavy atom. The van der Waals surface area contributed by atoms with Gasteiger partial charge >= 0.3 is 0 Å². The van der Waals surface area contributed by atoms with Gasteiger partial charge in [-0.15, -0.1) is 0 Å². The Kier molecular flexibility index (Phi) is 6.84. The predicted molar refractivity (Wildman–Crippen MR) is 106 cm³/mol. The topological polar surface area (TPSA) is 73.6 Å². The highest BCUT2D eigenvalue weighted by Gasteiger charge is 2.11. The lowest BCUT2D eigenvalue weighted by Gasteiger charge is -2.10. The molecule has 1 amide bonds. The molecule has 152 valence electrons. The zero-order chi connectivity index (χ0) is 20.6. The SMILES string of the molecule is Cc1noc(C)c1COc1cccc(C(=O)NCCCOc2ccccc2F)c1. The van der Waals surface area contributed by atoms with Crippen molar-refractivity contribution in [2.45, 2.75) is 26.9 Å². The number of nitrogens with zero attached hydrogens (tertiary/aromatic N) is 1. The van der Waals surface area contributed by atoms with Gasteiger partial charge in [0, 0.05) is 12.1 Å². The Hall–Kier alpha value is -3.35. The maximum Gasteiger partial charge on any atom is 0.251 e. The number of carbonyl (C=O) groups excluding carboxylic acids is 1. The minimum absolute atomic E-state index is 0.210. The van der Waals surface area contributed by atoms with E-state index in [1.807, 2.05) is 13.8 Å². The smallest absolute Gasteiger partial charge is 0.251 e. The Balaban J connectivity index is 1.45. The molecule has 2 aromatic carbocycles. The molecule has 0 fully saturated rings. The Labute approximate surface area is 168 Å². The number of ether oxygens (including phenoxy) is 2. The van der Waals surface area contributed by atoms with Gasteiger partial charge in [0.05, 0.1) is 17.9 Å². The van der Waals surface area contributed by atoms with E-state index in [9.17, 15) is 9.18 Å². The third-order valence-electron chi connectivity index (χ3n) is 4.36. The number of benzene rings is 2. The van der Waals surface area contributed by atoms with Gasteiger partial charge in [0.2, 0.25) is 0 Å². The first-order valence-corrected chi connectivity index (χ1v) is 9.34. The summed E-state index contributed by atoms with van der Waals surface area (Å²) in [7, 11) is 0. The predicted octanol–water partition coefficient (Wildman–Crippen LogP) is 4.21. The third-order valence-corrected chi connectivity index (χ3v) is 4.36. The number of nitrogens with one attached hydrogen (secondary N) is 1. The van der Waals surface area contributed by atoms with E-state index < -0.39 is 5.82 Å². The molecule has 0 unspecified atom stereocenters. The van der Waals surface area contributed by atoms with Crippen molar-refractivity contribution >= 4 is 5.91 Å². The normalized spacial score (nSPS) is 10.6. The molecule has 0 spiro atoms. The number of hydrogen-bond donors (Lipinski definition) is 1. The van der Waals surface area contributed by atoms with Gasteiger partial charge in [-0.3, -0.25) is 4.79 Å². The summed E-state index contributed by atoms with van der Waals surface area (Å²) in [4.78, 5) is 12.3. The van der Waals surface area contributed by atoms with Crippen LogP contribution in [0.15, 0.2) is 53.1 Å². The number of para-hydroxylation sites is 1. The summed E-state index contributed by atoms with van der Waals surface area (Å²) in [5.41, 5.74) is 2.18. The first kappa shape index (κ1) is 20.4. The molecule has 0 radical (unpaired) electrons. The third kappa shape index (κ3) is 5.57. The van der Waals surface area contributed by atoms with Gasteiger partial charge in [-0.1, -0.05) is 23.4 Å². The fraction of sp³-hybridized carbons (Fsp3) is 0.273. The van der Waals surface area contributed by atoms with Crippen LogP contribution in [-0.4, -0.2) is 24.2 Å². The molecule has 0 bridgehead atoms. The largest absolute Gasteiger partial charge is 0.490 e. The van der Waals surface area contributed by atoms with E-state index in [2.05, 4.69) is 10.5 Å². The van der Waals surface area contributed by atoms with Crippen molar-refractivity contribution in [3.63, 3.8) is 0 Å². The van der Waals surface area contributed by atoms with E-state index in [0.717, 1.165) is 11.3 Å². The van der Waals surface area contributed by atoms with Crippen LogP contribution >= 0.6 is 0 Å². The van der Waals surface area contributed by atoms with Crippen LogP contribution in [0.4, 0.5) is 4.39 Å². The molecule has 0 saturated heterocycles. The zero-order valence-electron chi connectivity index (χ0n) is 16.4. The summed E-state index contributed by atoms with van der Waals surface area (Å²) in [6, 6.07) is 13.2. The van der Waals surface area contributed by atoms with Crippen molar-refractivity contribution in [3.05, 3.63) is 76.9 Å². The fourth-order valence-electron chi connectivity index (χ4n) is 2.71. The van der Waals surface area contributed by atoms with Crippen LogP contribution in [0.3, 0.4) is 0 Å². The fourth-order valence-corrected chi connectivity index (χ4v) is 2.71. The van der Waals surface area contributed by atoms with Gasteiger partial charge in [0.15, 0.2) is 11.6 Å². The van der Waals surface area contributed by atoms with Gasteiger partial charge in [-0.2, -0.15) is 0 Å². The lowest BCUT2D eigenvalue weighted by Crippen LogP contribution is -2.25. The number of aromatic nitrogens is 1. The molecule has 3 aromatic rings. The van der Waals surface area contributed by atoms with Crippen LogP contribution in [0.5, 0.6) is 11.5 Å². The van der Waals surface area contributed by atoms with Crippen molar-refractivity contribution < 1.29 is 23.2 Å². The van der Waals surface area contributed by atoms with E-state index in [0.29, 0.717) is 43.3 Å². The first-order chi connectivity index (χ1) is 14.0. The molecule has 1 heterocycles. The molecule has 0 saturated carbocycles. The Bertz CT molecular complexity index is 951. The zero-order valence-corrected chi connectivity index (χ0v) is 16.4. The maximum atomic E-state index is 13.5. The average molecular weight is 398 g/mol. The van der Waals surface area contributed by atoms with Gasteiger partial charge in [0.25, 0.3) is 5.91 Å². The number of carbonyl (C=O) groups is 1. The molecule has 7 heteroatoms. The molecular formula is C22H23FN2O4. The van der Waals surface area contributed by atoms with Crippen LogP contribution in [-0.2, 0) is 6.61 Å². The molecule has 0 atom stereocenters. The molecular weight excluding hydrogens is 375 g/mol. The molecule has 29 heavy (non-hydrogen) atoms. The van der Waals surface area contributed by atoms with Crippen molar-refractivity contribution in [1.29, 1.82) is 0 Å². The summed E-state index contributed by atoms with van der Waals surface area (Å²) in [5.74, 6) is 0.903. The summed E-state index contributed by atoms with van der Waals surface area (Å²) in [5, 5.41) is 6.72. The van der Waals surface area contributed by atoms with E-state index in [-0.39, 0.29) is 11.7 Å². The summed E-state index contributed by atoms with van der Waals surface area (Å²) >= 11 is 0. The second kappa shape index (κ2) is 9.73. The van der Waals surface area contributed by atoms with Gasteiger partial charge in [-0.05, 0) is 50.6 Å². The molecule has 1 N–H and O–H groups in total. The standard InChI is InChI=1S/C22H23FN2O4/c1-15-19(16(2)29-25-15)14-28-18-8-5-7-17(13-18)22(26)24-11-6-12-27-21-10-4-3-9-20(21)23/h3-5,7-10,13H,6,11-12,14H2,1-2H3,(H,24,26). The number of hydrogen-bond acceptors (Lipinski definition) is 5. The second-order valence-electron chi connectivity index (χ2n) is 6.51. The maximum absolute atomic E-state index is 13.5. The van der Waals surface area contributed by atoms with E-state index in [1.165, 1.54) is 6.07 Å². The minimum atomic E-state index is -0.398. The summed E-state index contributed by atoms with van der Waals surface area (Å²) in [6.07, 6.45) is 0.558. The van der Waals surface area contributed by atoms with Crippen molar-refractivity contribution in [2.24, 2.45) is 0 Å². The number of amides is 1. The molecule has 0 aliphatic heterocycles. The first-order valence-electron chi connectivity index (χ1n) is 9.34. The Morgan fingerprint density at radius 2 is 1.97 bits per heavy atom. The molecule has 0 aliphatic rings. The Morgan fingerprint density at radius 3 is 2.72 bits per heavy atom. The highest BCUT2D eigenvalue weighted by molar-refractivity contribution is 5.94. The van der Waals surface area contributed by atoms with Crippen LogP contribution in [0.1, 0.15) is 33.8 Å². The highest BCUT2D eigenvalue weighted by Crippen LogP contribution is 2.19. The van der Waals surface area contributed by atoms with Crippen LogP contribution in [0.25, 0.3) is 0 Å². The van der Waals surface area contributed by atoms with Gasteiger partial charge < -0.3 is 19.3 Å². The van der Waals surface area contributed by atoms with Crippen LogP contribution in [0.2, 0.25) is 0 Å². The number of rotatable bonds is 9. The summed E-state index contributed by atoms with van der Waals surface area (Å²) < 4.78 is 29.7. The van der Waals surface area contributed by atoms with Crippen molar-refractivity contribution in [1.82, 2.24) is 10.5 Å². The van der Waals surface area contributed by atoms with E-state index in [1.54, 1.807) is 42.5 Å². The minimum Gasteiger partial charge on any atom is -0.490 e. The van der Waals surface area contributed by atoms with Crippen molar-refractivity contribution in [3.8, 4) is 11.5 Å². The highest BCUT2D eigenvalue weighted by atomic mass is 19.1. The van der Waals surface area contributed by atoms with Gasteiger partial charge in [-0.25, -0.2) is 4.39 Å². The molecule has 3 rings (SSSR count). The molecule has 6 nitrogen and oxygen atoms in total. The van der Waals surface area contributed by atoms with Crippen molar-refractivity contribution in [2.75, 3.05) is 13.2 Å². The van der Waals surface area contributed by atoms with E-state index >= 15 is 0 Å². The monoisotopic (exact) mass is 398 g/mol. The molecule has 0 aliphatic carbocycles. The lowest BCUT2D eigenvalue weighted by molar-refractivity contribution is 0.0951. The van der Waals surface area contributed by atoms with Crippen LogP contribution < -0.4 is 14.8 Å². The van der Waals surface area contributed by atoms with E-state index in [4.69, 9.17) is 14.0 Å². The second-order valence-corrected chi connectivity index (χ2v) is 6.51. The lowest BCUT2D eigenvalue weighted by atomic mass is 10.2. The molecule has 1 aromatic heterocycles. The quantitative estimate of drug-likeness (QED) is 0.547. The van der Waals surface area contributed by atoms with Crippen LogP contribution in [0, 0.1) is 19.7 Å². The average Bonchev–Trinajstić information content (AvgIpc) is 3.05. The van der Waals surface area contributed by atoms with Gasteiger partial charge in [0.1, 0.15) is 18.1 Å².